The van der Waals surface area contributed by atoms with E-state index in [1.165, 1.54) is 0 Å². The van der Waals surface area contributed by atoms with Gasteiger partial charge in [0.05, 0.1) is 5.75 Å². The molecule has 1 aromatic rings. The Labute approximate surface area is 82.8 Å². The van der Waals surface area contributed by atoms with Crippen molar-refractivity contribution in [1.82, 2.24) is 0 Å². The molecule has 0 bridgehead atoms. The molecule has 0 heterocycles. The number of hydrogen-bond acceptors (Lipinski definition) is 3. The van der Waals surface area contributed by atoms with Gasteiger partial charge in [-0.1, -0.05) is 24.3 Å². The summed E-state index contributed by atoms with van der Waals surface area (Å²) in [5.74, 6) is -0.195. The number of aldehydes is 1. The van der Waals surface area contributed by atoms with E-state index in [2.05, 4.69) is 0 Å². The molecule has 0 unspecified atom stereocenters. The maximum atomic E-state index is 10.8. The van der Waals surface area contributed by atoms with E-state index >= 15 is 0 Å². The fraction of sp³-hybridized carbons (Fsp3) is 0.222. The molecular weight excluding hydrogens is 202 g/mol. The molecule has 1 aromatic carbocycles. The Morgan fingerprint density at radius 1 is 1.29 bits per heavy atom. The molecule has 4 nitrogen and oxygen atoms in total. The largest absolute Gasteiger partial charge is 0.303 e. The van der Waals surface area contributed by atoms with Crippen molar-refractivity contribution in [2.24, 2.45) is 5.14 Å². The Kier molecular flexibility index (Phi) is 3.38. The van der Waals surface area contributed by atoms with Gasteiger partial charge in [0.2, 0.25) is 10.0 Å². The highest BCUT2D eigenvalue weighted by Gasteiger charge is 2.04. The highest BCUT2D eigenvalue weighted by molar-refractivity contribution is 7.88. The van der Waals surface area contributed by atoms with Crippen LogP contribution in [0.1, 0.15) is 11.1 Å². The summed E-state index contributed by atoms with van der Waals surface area (Å²) in [6, 6.07) is 6.80. The van der Waals surface area contributed by atoms with Crippen LogP contribution in [0.15, 0.2) is 24.3 Å². The van der Waals surface area contributed by atoms with Gasteiger partial charge in [-0.3, -0.25) is 0 Å². The maximum absolute atomic E-state index is 10.8. The molecule has 0 saturated carbocycles. The Morgan fingerprint density at radius 3 is 2.50 bits per heavy atom. The zero-order valence-corrected chi connectivity index (χ0v) is 8.33. The van der Waals surface area contributed by atoms with Gasteiger partial charge in [-0.25, -0.2) is 13.6 Å². The summed E-state index contributed by atoms with van der Waals surface area (Å²) in [6.07, 6.45) is 1.06. The third-order valence-electron chi connectivity index (χ3n) is 1.68. The van der Waals surface area contributed by atoms with Crippen molar-refractivity contribution in [1.29, 1.82) is 0 Å². The van der Waals surface area contributed by atoms with Gasteiger partial charge in [0.1, 0.15) is 6.29 Å². The van der Waals surface area contributed by atoms with Crippen molar-refractivity contribution in [2.75, 3.05) is 0 Å². The zero-order valence-electron chi connectivity index (χ0n) is 7.51. The van der Waals surface area contributed by atoms with Crippen molar-refractivity contribution >= 4 is 16.3 Å². The van der Waals surface area contributed by atoms with Crippen molar-refractivity contribution in [3.8, 4) is 0 Å². The fourth-order valence-electron chi connectivity index (χ4n) is 1.17. The third-order valence-corrected chi connectivity index (χ3v) is 2.41. The molecule has 0 spiro atoms. The summed E-state index contributed by atoms with van der Waals surface area (Å²) >= 11 is 0. The molecule has 76 valence electrons. The number of rotatable bonds is 4. The molecule has 0 aliphatic heterocycles. The SMILES string of the molecule is NS(=O)(=O)Cc1cccc(CC=O)c1. The molecule has 0 fully saturated rings. The average molecular weight is 213 g/mol. The monoisotopic (exact) mass is 213 g/mol. The topological polar surface area (TPSA) is 77.2 Å². The van der Waals surface area contributed by atoms with Crippen molar-refractivity contribution in [2.45, 2.75) is 12.2 Å². The normalized spacial score (nSPS) is 11.2. The molecule has 0 amide bonds. The van der Waals surface area contributed by atoms with E-state index in [1.807, 2.05) is 0 Å². The highest BCUT2D eigenvalue weighted by Crippen LogP contribution is 2.07. The molecule has 0 atom stereocenters. The van der Waals surface area contributed by atoms with Crippen molar-refractivity contribution in [3.63, 3.8) is 0 Å². The molecule has 5 heteroatoms. The van der Waals surface area contributed by atoms with E-state index in [-0.39, 0.29) is 5.75 Å². The number of benzene rings is 1. The lowest BCUT2D eigenvalue weighted by Crippen LogP contribution is -2.14. The molecule has 0 aliphatic rings. The van der Waals surface area contributed by atoms with Crippen LogP contribution in [0.3, 0.4) is 0 Å². The first-order valence-electron chi connectivity index (χ1n) is 4.03. The standard InChI is InChI=1S/C9H11NO3S/c10-14(12,13)7-9-3-1-2-8(6-9)4-5-11/h1-3,5-6H,4,7H2,(H2,10,12,13). The van der Waals surface area contributed by atoms with E-state index < -0.39 is 10.0 Å². The first-order valence-corrected chi connectivity index (χ1v) is 5.75. The van der Waals surface area contributed by atoms with Gasteiger partial charge < -0.3 is 4.79 Å². The summed E-state index contributed by atoms with van der Waals surface area (Å²) in [5, 5.41) is 4.89. The number of hydrogen-bond donors (Lipinski definition) is 1. The first kappa shape index (κ1) is 10.9. The average Bonchev–Trinajstić information content (AvgIpc) is 2.02. The maximum Gasteiger partial charge on any atom is 0.213 e. The highest BCUT2D eigenvalue weighted by atomic mass is 32.2. The van der Waals surface area contributed by atoms with E-state index in [1.54, 1.807) is 24.3 Å². The van der Waals surface area contributed by atoms with Gasteiger partial charge in [0, 0.05) is 6.42 Å². The Hall–Kier alpha value is -1.20. The van der Waals surface area contributed by atoms with Crippen LogP contribution in [0.2, 0.25) is 0 Å². The number of nitrogens with two attached hydrogens (primary N) is 1. The predicted molar refractivity (Wildman–Crippen MR) is 53.0 cm³/mol. The van der Waals surface area contributed by atoms with Crippen LogP contribution in [0.5, 0.6) is 0 Å². The van der Waals surface area contributed by atoms with Crippen molar-refractivity contribution in [3.05, 3.63) is 35.4 Å². The number of carbonyl (C=O) groups is 1. The fourth-order valence-corrected chi connectivity index (χ4v) is 1.82. The van der Waals surface area contributed by atoms with E-state index in [0.29, 0.717) is 12.0 Å². The minimum absolute atomic E-state index is 0.195. The molecule has 0 radical (unpaired) electrons. The second kappa shape index (κ2) is 4.34. The Bertz CT molecular complexity index is 425. The number of carbonyl (C=O) groups excluding carboxylic acids is 1. The summed E-state index contributed by atoms with van der Waals surface area (Å²) in [4.78, 5) is 10.2. The summed E-state index contributed by atoms with van der Waals surface area (Å²) in [6.45, 7) is 0. The molecule has 0 aliphatic carbocycles. The molecule has 1 rings (SSSR count). The zero-order chi connectivity index (χ0) is 10.6. The minimum atomic E-state index is -3.50. The van der Waals surface area contributed by atoms with Crippen LogP contribution in [0, 0.1) is 0 Å². The summed E-state index contributed by atoms with van der Waals surface area (Å²) < 4.78 is 21.6. The lowest BCUT2D eigenvalue weighted by atomic mass is 10.1. The van der Waals surface area contributed by atoms with Crippen LogP contribution in [0.4, 0.5) is 0 Å². The quantitative estimate of drug-likeness (QED) is 0.726. The van der Waals surface area contributed by atoms with Gasteiger partial charge in [-0.2, -0.15) is 0 Å². The Morgan fingerprint density at radius 2 is 1.93 bits per heavy atom. The minimum Gasteiger partial charge on any atom is -0.303 e. The van der Waals surface area contributed by atoms with E-state index in [0.717, 1.165) is 11.8 Å². The van der Waals surface area contributed by atoms with Crippen LogP contribution in [-0.4, -0.2) is 14.7 Å². The van der Waals surface area contributed by atoms with Gasteiger partial charge in [0.25, 0.3) is 0 Å². The van der Waals surface area contributed by atoms with Gasteiger partial charge in [0.15, 0.2) is 0 Å². The van der Waals surface area contributed by atoms with Crippen LogP contribution in [-0.2, 0) is 27.0 Å². The first-order chi connectivity index (χ1) is 6.51. The van der Waals surface area contributed by atoms with Gasteiger partial charge >= 0.3 is 0 Å². The van der Waals surface area contributed by atoms with E-state index in [9.17, 15) is 13.2 Å². The van der Waals surface area contributed by atoms with Crippen LogP contribution < -0.4 is 5.14 Å². The third kappa shape index (κ3) is 3.68. The van der Waals surface area contributed by atoms with Crippen LogP contribution >= 0.6 is 0 Å². The predicted octanol–water partition coefficient (Wildman–Crippen LogP) is 0.216. The van der Waals surface area contributed by atoms with Crippen LogP contribution in [0.25, 0.3) is 0 Å². The molecular formula is C9H11NO3S. The number of sulfonamides is 1. The molecule has 0 saturated heterocycles. The van der Waals surface area contributed by atoms with Gasteiger partial charge in [-0.05, 0) is 11.1 Å². The lowest BCUT2D eigenvalue weighted by Gasteiger charge is -2.01. The smallest absolute Gasteiger partial charge is 0.213 e. The Balaban J connectivity index is 2.88. The lowest BCUT2D eigenvalue weighted by molar-refractivity contribution is -0.107. The summed E-state index contributed by atoms with van der Waals surface area (Å²) in [5.41, 5.74) is 1.40. The molecule has 14 heavy (non-hydrogen) atoms. The number of primary sulfonamides is 1. The summed E-state index contributed by atoms with van der Waals surface area (Å²) in [7, 11) is -3.50. The second-order valence-corrected chi connectivity index (χ2v) is 4.61. The van der Waals surface area contributed by atoms with Gasteiger partial charge in [-0.15, -0.1) is 0 Å². The molecule has 0 aromatic heterocycles. The van der Waals surface area contributed by atoms with Crippen molar-refractivity contribution < 1.29 is 13.2 Å². The van der Waals surface area contributed by atoms with E-state index in [4.69, 9.17) is 5.14 Å². The second-order valence-electron chi connectivity index (χ2n) is 3.00. The molecule has 2 N–H and O–H groups in total.